The number of hydrogen-bond donors (Lipinski definition) is 2. The van der Waals surface area contributed by atoms with Crippen molar-refractivity contribution in [3.05, 3.63) is 17.7 Å². The van der Waals surface area contributed by atoms with E-state index in [1.807, 2.05) is 6.33 Å². The Kier molecular flexibility index (Phi) is 3.50. The van der Waals surface area contributed by atoms with Gasteiger partial charge in [-0.2, -0.15) is 0 Å². The molecule has 1 saturated heterocycles. The summed E-state index contributed by atoms with van der Waals surface area (Å²) in [5.41, 5.74) is 2.55. The topological polar surface area (TPSA) is 47.2 Å². The van der Waals surface area contributed by atoms with E-state index >= 15 is 0 Å². The van der Waals surface area contributed by atoms with E-state index in [1.54, 1.807) is 0 Å². The first-order chi connectivity index (χ1) is 9.92. The Balaban J connectivity index is 1.40. The number of rotatable bonds is 2. The normalized spacial score (nSPS) is 29.7. The third kappa shape index (κ3) is 2.28. The van der Waals surface area contributed by atoms with Gasteiger partial charge in [-0.15, -0.1) is 0 Å². The molecule has 1 saturated carbocycles. The van der Waals surface area contributed by atoms with Crippen LogP contribution in [0.2, 0.25) is 0 Å². The second kappa shape index (κ2) is 5.47. The molecule has 5 heteroatoms. The summed E-state index contributed by atoms with van der Waals surface area (Å²) < 4.78 is 0. The molecule has 1 aromatic rings. The number of aromatic nitrogens is 2. The van der Waals surface area contributed by atoms with E-state index < -0.39 is 0 Å². The Morgan fingerprint density at radius 2 is 1.80 bits per heavy atom. The van der Waals surface area contributed by atoms with Gasteiger partial charge in [0, 0.05) is 45.3 Å². The minimum atomic E-state index is 0.468. The van der Waals surface area contributed by atoms with Crippen LogP contribution in [0.3, 0.4) is 0 Å². The van der Waals surface area contributed by atoms with Crippen LogP contribution in [0.5, 0.6) is 0 Å². The molecule has 110 valence electrons. The maximum Gasteiger partial charge on any atom is 0.0926 e. The van der Waals surface area contributed by atoms with E-state index in [2.05, 4.69) is 25.1 Å². The molecular weight excluding hydrogens is 250 g/mol. The third-order valence-electron chi connectivity index (χ3n) is 5.34. The van der Waals surface area contributed by atoms with Crippen molar-refractivity contribution in [1.82, 2.24) is 25.1 Å². The molecule has 0 radical (unpaired) electrons. The Hall–Kier alpha value is -0.910. The van der Waals surface area contributed by atoms with E-state index in [-0.39, 0.29) is 0 Å². The average Bonchev–Trinajstić information content (AvgIpc) is 3.18. The van der Waals surface area contributed by atoms with E-state index in [0.717, 1.165) is 19.1 Å². The van der Waals surface area contributed by atoms with Gasteiger partial charge in [0.05, 0.1) is 23.8 Å². The third-order valence-corrected chi connectivity index (χ3v) is 5.34. The van der Waals surface area contributed by atoms with Crippen molar-refractivity contribution in [2.24, 2.45) is 0 Å². The number of imidazole rings is 1. The molecule has 0 amide bonds. The Morgan fingerprint density at radius 1 is 1.05 bits per heavy atom. The summed E-state index contributed by atoms with van der Waals surface area (Å²) in [6.45, 7) is 6.83. The lowest BCUT2D eigenvalue weighted by molar-refractivity contribution is 0.0660. The van der Waals surface area contributed by atoms with Crippen LogP contribution in [0.15, 0.2) is 6.33 Å². The van der Waals surface area contributed by atoms with Gasteiger partial charge < -0.3 is 10.3 Å². The lowest BCUT2D eigenvalue weighted by Gasteiger charge is -2.42. The van der Waals surface area contributed by atoms with Gasteiger partial charge in [0.1, 0.15) is 0 Å². The molecule has 0 aromatic carbocycles. The van der Waals surface area contributed by atoms with Crippen molar-refractivity contribution >= 4 is 0 Å². The lowest BCUT2D eigenvalue weighted by atomic mass is 10.0. The first kappa shape index (κ1) is 12.8. The fourth-order valence-electron chi connectivity index (χ4n) is 4.18. The molecule has 4 rings (SSSR count). The van der Waals surface area contributed by atoms with Crippen LogP contribution in [0.25, 0.3) is 0 Å². The molecule has 2 N–H and O–H groups in total. The minimum absolute atomic E-state index is 0.468. The minimum Gasteiger partial charge on any atom is -0.347 e. The first-order valence-electron chi connectivity index (χ1n) is 8.13. The van der Waals surface area contributed by atoms with Gasteiger partial charge in [0.2, 0.25) is 0 Å². The molecule has 1 aliphatic carbocycles. The van der Waals surface area contributed by atoms with Crippen LogP contribution in [-0.4, -0.2) is 58.5 Å². The molecule has 1 aromatic heterocycles. The van der Waals surface area contributed by atoms with Gasteiger partial charge in [-0.3, -0.25) is 9.80 Å². The van der Waals surface area contributed by atoms with Crippen molar-refractivity contribution in [1.29, 1.82) is 0 Å². The van der Waals surface area contributed by atoms with Crippen LogP contribution in [0.4, 0.5) is 0 Å². The predicted octanol–water partition coefficient (Wildman–Crippen LogP) is 1.11. The number of aromatic amines is 1. The van der Waals surface area contributed by atoms with Crippen LogP contribution >= 0.6 is 0 Å². The second-order valence-electron chi connectivity index (χ2n) is 6.42. The zero-order valence-corrected chi connectivity index (χ0v) is 12.1. The first-order valence-corrected chi connectivity index (χ1v) is 8.13. The SMILES string of the molecule is c1nc2c([nH]1)CNCC2N1CCN(C2CCCC2)CC1. The van der Waals surface area contributed by atoms with Crippen LogP contribution in [0.1, 0.15) is 43.1 Å². The largest absolute Gasteiger partial charge is 0.347 e. The summed E-state index contributed by atoms with van der Waals surface area (Å²) in [6.07, 6.45) is 7.57. The van der Waals surface area contributed by atoms with Crippen molar-refractivity contribution in [3.8, 4) is 0 Å². The van der Waals surface area contributed by atoms with E-state index in [9.17, 15) is 0 Å². The molecule has 1 atom stereocenters. The van der Waals surface area contributed by atoms with Gasteiger partial charge in [-0.1, -0.05) is 12.8 Å². The summed E-state index contributed by atoms with van der Waals surface area (Å²) in [6, 6.07) is 1.35. The van der Waals surface area contributed by atoms with E-state index in [4.69, 9.17) is 0 Å². The molecule has 2 fully saturated rings. The predicted molar refractivity (Wildman–Crippen MR) is 78.4 cm³/mol. The highest BCUT2D eigenvalue weighted by molar-refractivity contribution is 5.19. The van der Waals surface area contributed by atoms with Crippen molar-refractivity contribution in [3.63, 3.8) is 0 Å². The molecule has 5 nitrogen and oxygen atoms in total. The zero-order chi connectivity index (χ0) is 13.4. The molecular formula is C15H25N5. The van der Waals surface area contributed by atoms with Crippen molar-refractivity contribution in [2.45, 2.75) is 44.3 Å². The highest BCUT2D eigenvalue weighted by Crippen LogP contribution is 2.28. The zero-order valence-electron chi connectivity index (χ0n) is 12.1. The summed E-state index contributed by atoms with van der Waals surface area (Å²) in [5.74, 6) is 0. The fraction of sp³-hybridized carbons (Fsp3) is 0.800. The Bertz CT molecular complexity index is 443. The van der Waals surface area contributed by atoms with Crippen LogP contribution < -0.4 is 5.32 Å². The maximum absolute atomic E-state index is 4.56. The molecule has 2 aliphatic heterocycles. The summed E-state index contributed by atoms with van der Waals surface area (Å²) in [4.78, 5) is 13.2. The quantitative estimate of drug-likeness (QED) is 0.849. The molecule has 0 spiro atoms. The Labute approximate surface area is 120 Å². The average molecular weight is 275 g/mol. The molecule has 1 unspecified atom stereocenters. The van der Waals surface area contributed by atoms with Gasteiger partial charge in [0.25, 0.3) is 0 Å². The van der Waals surface area contributed by atoms with Gasteiger partial charge >= 0.3 is 0 Å². The van der Waals surface area contributed by atoms with Crippen molar-refractivity contribution < 1.29 is 0 Å². The number of hydrogen-bond acceptors (Lipinski definition) is 4. The van der Waals surface area contributed by atoms with Crippen LogP contribution in [0, 0.1) is 0 Å². The smallest absolute Gasteiger partial charge is 0.0926 e. The fourth-order valence-corrected chi connectivity index (χ4v) is 4.18. The standard InChI is InChI=1S/C15H25N5/c1-2-4-12(3-1)19-5-7-20(8-6-19)14-10-16-9-13-15(14)18-11-17-13/h11-12,14,16H,1-10H2,(H,17,18). The van der Waals surface area contributed by atoms with Crippen LogP contribution in [-0.2, 0) is 6.54 Å². The Morgan fingerprint density at radius 3 is 2.60 bits per heavy atom. The highest BCUT2D eigenvalue weighted by atomic mass is 15.3. The number of piperazine rings is 1. The maximum atomic E-state index is 4.56. The van der Waals surface area contributed by atoms with Gasteiger partial charge in [0.15, 0.2) is 0 Å². The summed E-state index contributed by atoms with van der Waals surface area (Å²) >= 11 is 0. The lowest BCUT2D eigenvalue weighted by Crippen LogP contribution is -2.52. The van der Waals surface area contributed by atoms with Gasteiger partial charge in [-0.25, -0.2) is 4.98 Å². The number of fused-ring (bicyclic) bond motifs is 1. The second-order valence-corrected chi connectivity index (χ2v) is 6.42. The molecule has 3 aliphatic rings. The summed E-state index contributed by atoms with van der Waals surface area (Å²) in [7, 11) is 0. The molecule has 20 heavy (non-hydrogen) atoms. The van der Waals surface area contributed by atoms with Gasteiger partial charge in [-0.05, 0) is 12.8 Å². The van der Waals surface area contributed by atoms with E-state index in [1.165, 1.54) is 63.3 Å². The summed E-state index contributed by atoms with van der Waals surface area (Å²) in [5, 5.41) is 3.51. The monoisotopic (exact) mass is 275 g/mol. The number of nitrogens with zero attached hydrogens (tertiary/aromatic N) is 3. The highest BCUT2D eigenvalue weighted by Gasteiger charge is 2.32. The van der Waals surface area contributed by atoms with Crippen molar-refractivity contribution in [2.75, 3.05) is 32.7 Å². The molecule has 3 heterocycles. The number of nitrogens with one attached hydrogen (secondary N) is 2. The van der Waals surface area contributed by atoms with E-state index in [0.29, 0.717) is 6.04 Å². The number of H-pyrrole nitrogens is 1. The molecule has 0 bridgehead atoms.